The molecule has 2 atom stereocenters. The summed E-state index contributed by atoms with van der Waals surface area (Å²) in [5.41, 5.74) is 0. The van der Waals surface area contributed by atoms with Gasteiger partial charge in [0.25, 0.3) is 0 Å². The fourth-order valence-corrected chi connectivity index (χ4v) is 0.558. The van der Waals surface area contributed by atoms with Gasteiger partial charge in [-0.1, -0.05) is 6.92 Å². The van der Waals surface area contributed by atoms with Crippen LogP contribution in [0.4, 0.5) is 0 Å². The van der Waals surface area contributed by atoms with Crippen molar-refractivity contribution in [2.45, 2.75) is 18.7 Å². The zero-order chi connectivity index (χ0) is 3.86. The Hall–Kier alpha value is 0.290. The van der Waals surface area contributed by atoms with E-state index in [2.05, 4.69) is 6.92 Å². The first kappa shape index (κ1) is 3.48. The number of rotatable bonds is 0. The highest BCUT2D eigenvalue weighted by Gasteiger charge is 2.29. The summed E-state index contributed by atoms with van der Waals surface area (Å²) in [6.07, 6.45) is 1.24. The molecule has 0 spiro atoms. The van der Waals surface area contributed by atoms with Gasteiger partial charge in [-0.3, -0.25) is 0 Å². The van der Waals surface area contributed by atoms with E-state index in [1.54, 1.807) is 0 Å². The minimum Gasteiger partial charge on any atom is -0.123 e. The molecule has 1 unspecified atom stereocenters. The SMILES string of the molecule is CC1C[C@H]1Cl. The van der Waals surface area contributed by atoms with Crippen molar-refractivity contribution in [2.75, 3.05) is 0 Å². The largest absolute Gasteiger partial charge is 0.123 e. The van der Waals surface area contributed by atoms with Gasteiger partial charge in [0.15, 0.2) is 0 Å². The number of alkyl halides is 1. The molecule has 1 aliphatic rings. The van der Waals surface area contributed by atoms with Crippen molar-refractivity contribution in [3.8, 4) is 0 Å². The maximum atomic E-state index is 5.54. The van der Waals surface area contributed by atoms with Crippen molar-refractivity contribution in [3.05, 3.63) is 0 Å². The van der Waals surface area contributed by atoms with Crippen LogP contribution in [0.15, 0.2) is 0 Å². The van der Waals surface area contributed by atoms with Gasteiger partial charge in [-0.05, 0) is 12.3 Å². The minimum atomic E-state index is 0.523. The molecule has 0 amide bonds. The van der Waals surface area contributed by atoms with Gasteiger partial charge in [0, 0.05) is 5.38 Å². The Morgan fingerprint density at radius 3 is 2.00 bits per heavy atom. The van der Waals surface area contributed by atoms with Crippen LogP contribution in [-0.4, -0.2) is 5.38 Å². The van der Waals surface area contributed by atoms with Gasteiger partial charge in [-0.15, -0.1) is 11.6 Å². The smallest absolute Gasteiger partial charge is 0.0365 e. The van der Waals surface area contributed by atoms with Crippen LogP contribution in [-0.2, 0) is 0 Å². The van der Waals surface area contributed by atoms with E-state index in [0.29, 0.717) is 5.38 Å². The molecule has 1 rings (SSSR count). The third kappa shape index (κ3) is 0.569. The van der Waals surface area contributed by atoms with Crippen LogP contribution in [0.1, 0.15) is 13.3 Å². The van der Waals surface area contributed by atoms with Crippen LogP contribution in [0.3, 0.4) is 0 Å². The molecule has 0 aromatic heterocycles. The van der Waals surface area contributed by atoms with Gasteiger partial charge in [-0.25, -0.2) is 0 Å². The summed E-state index contributed by atoms with van der Waals surface area (Å²) in [5, 5.41) is 0.523. The number of hydrogen-bond donors (Lipinski definition) is 0. The Labute approximate surface area is 37.1 Å². The summed E-state index contributed by atoms with van der Waals surface area (Å²) in [5.74, 6) is 0.816. The van der Waals surface area contributed by atoms with Crippen molar-refractivity contribution in [1.82, 2.24) is 0 Å². The van der Waals surface area contributed by atoms with E-state index < -0.39 is 0 Å². The molecule has 0 nitrogen and oxygen atoms in total. The first-order chi connectivity index (χ1) is 2.30. The molecule has 0 radical (unpaired) electrons. The fourth-order valence-electron chi connectivity index (χ4n) is 0.277. The lowest BCUT2D eigenvalue weighted by Crippen LogP contribution is -1.61. The van der Waals surface area contributed by atoms with E-state index in [1.165, 1.54) is 6.42 Å². The van der Waals surface area contributed by atoms with Crippen molar-refractivity contribution in [2.24, 2.45) is 5.92 Å². The predicted molar refractivity (Wildman–Crippen MR) is 23.4 cm³/mol. The van der Waals surface area contributed by atoms with Crippen LogP contribution in [0.5, 0.6) is 0 Å². The molecule has 1 aliphatic carbocycles. The molecule has 0 N–H and O–H groups in total. The van der Waals surface area contributed by atoms with E-state index in [4.69, 9.17) is 11.6 Å². The van der Waals surface area contributed by atoms with Crippen molar-refractivity contribution < 1.29 is 0 Å². The second kappa shape index (κ2) is 0.874. The molecule has 1 heteroatoms. The molecule has 0 bridgehead atoms. The zero-order valence-corrected chi connectivity index (χ0v) is 4.00. The van der Waals surface area contributed by atoms with Crippen LogP contribution < -0.4 is 0 Å². The van der Waals surface area contributed by atoms with Crippen molar-refractivity contribution in [3.63, 3.8) is 0 Å². The van der Waals surface area contributed by atoms with Crippen LogP contribution >= 0.6 is 11.6 Å². The quantitative estimate of drug-likeness (QED) is 0.397. The maximum absolute atomic E-state index is 5.54. The van der Waals surface area contributed by atoms with Gasteiger partial charge in [0.05, 0.1) is 0 Å². The first-order valence-electron chi connectivity index (χ1n) is 1.95. The zero-order valence-electron chi connectivity index (χ0n) is 3.24. The number of halogens is 1. The second-order valence-corrected chi connectivity index (χ2v) is 2.29. The fraction of sp³-hybridized carbons (Fsp3) is 1.00. The maximum Gasteiger partial charge on any atom is 0.0365 e. The Kier molecular flexibility index (Phi) is 0.608. The molecule has 0 aromatic rings. The average Bonchev–Trinajstić information content (AvgIpc) is 1.79. The third-order valence-corrected chi connectivity index (χ3v) is 1.62. The number of hydrogen-bond acceptors (Lipinski definition) is 0. The molecule has 5 heavy (non-hydrogen) atoms. The molecule has 0 heterocycles. The van der Waals surface area contributed by atoms with Crippen LogP contribution in [0.25, 0.3) is 0 Å². The van der Waals surface area contributed by atoms with E-state index in [9.17, 15) is 0 Å². The topological polar surface area (TPSA) is 0 Å². The second-order valence-electron chi connectivity index (χ2n) is 1.73. The van der Waals surface area contributed by atoms with Gasteiger partial charge in [0.2, 0.25) is 0 Å². The highest BCUT2D eigenvalue weighted by molar-refractivity contribution is 6.22. The Balaban J connectivity index is 2.20. The van der Waals surface area contributed by atoms with E-state index >= 15 is 0 Å². The Morgan fingerprint density at radius 1 is 1.80 bits per heavy atom. The Bertz CT molecular complexity index is 36.9. The summed E-state index contributed by atoms with van der Waals surface area (Å²) in [6.45, 7) is 2.16. The summed E-state index contributed by atoms with van der Waals surface area (Å²) in [6, 6.07) is 0. The summed E-state index contributed by atoms with van der Waals surface area (Å²) in [7, 11) is 0. The minimum absolute atomic E-state index is 0.523. The lowest BCUT2D eigenvalue weighted by atomic mass is 10.5. The van der Waals surface area contributed by atoms with Crippen molar-refractivity contribution >= 4 is 11.6 Å². The molecule has 1 fully saturated rings. The predicted octanol–water partition coefficient (Wildman–Crippen LogP) is 1.63. The van der Waals surface area contributed by atoms with Crippen molar-refractivity contribution in [1.29, 1.82) is 0 Å². The molecular formula is C4H7Cl. The monoisotopic (exact) mass is 90.0 g/mol. The van der Waals surface area contributed by atoms with Gasteiger partial charge < -0.3 is 0 Å². The standard InChI is InChI=1S/C4H7Cl/c1-3-2-4(3)5/h3-4H,2H2,1H3/t3?,4-/m1/s1. The van der Waals surface area contributed by atoms with E-state index in [0.717, 1.165) is 5.92 Å². The molecule has 1 saturated carbocycles. The van der Waals surface area contributed by atoms with Crippen LogP contribution in [0.2, 0.25) is 0 Å². The highest BCUT2D eigenvalue weighted by atomic mass is 35.5. The van der Waals surface area contributed by atoms with Gasteiger partial charge in [-0.2, -0.15) is 0 Å². The first-order valence-corrected chi connectivity index (χ1v) is 2.38. The van der Waals surface area contributed by atoms with E-state index in [-0.39, 0.29) is 0 Å². The molecule has 0 aromatic carbocycles. The normalized spacial score (nSPS) is 49.2. The van der Waals surface area contributed by atoms with Gasteiger partial charge >= 0.3 is 0 Å². The molecule has 0 saturated heterocycles. The van der Waals surface area contributed by atoms with Crippen LogP contribution in [0, 0.1) is 5.92 Å². The highest BCUT2D eigenvalue weighted by Crippen LogP contribution is 2.34. The van der Waals surface area contributed by atoms with Gasteiger partial charge in [0.1, 0.15) is 0 Å². The van der Waals surface area contributed by atoms with E-state index in [1.807, 2.05) is 0 Å². The average molecular weight is 90.6 g/mol. The lowest BCUT2D eigenvalue weighted by Gasteiger charge is -1.64. The summed E-state index contributed by atoms with van der Waals surface area (Å²) >= 11 is 5.54. The third-order valence-electron chi connectivity index (χ3n) is 1.01. The molecular weight excluding hydrogens is 83.5 g/mol. The molecule has 0 aliphatic heterocycles. The lowest BCUT2D eigenvalue weighted by molar-refractivity contribution is 0.985. The summed E-state index contributed by atoms with van der Waals surface area (Å²) < 4.78 is 0. The molecule has 30 valence electrons. The Morgan fingerprint density at radius 2 is 2.00 bits per heavy atom. The summed E-state index contributed by atoms with van der Waals surface area (Å²) in [4.78, 5) is 0.